The standard InChI is InChI=1S/C17H26ClNO3/c1-13(14-3-5-15(18)6-4-14)22-12-16(20)11-19-9-7-17(21-2)8-10-19/h3-6,13,16-17,20H,7-12H2,1-2H3. The number of hydrogen-bond donors (Lipinski definition) is 1. The summed E-state index contributed by atoms with van der Waals surface area (Å²) in [7, 11) is 1.77. The van der Waals surface area contributed by atoms with Crippen molar-refractivity contribution in [1.82, 2.24) is 4.90 Å². The van der Waals surface area contributed by atoms with Gasteiger partial charge in [0, 0.05) is 31.8 Å². The van der Waals surface area contributed by atoms with Crippen LogP contribution in [0.2, 0.25) is 5.02 Å². The summed E-state index contributed by atoms with van der Waals surface area (Å²) in [6.45, 7) is 4.93. The highest BCUT2D eigenvalue weighted by Crippen LogP contribution is 2.19. The molecule has 2 rings (SSSR count). The number of methoxy groups -OCH3 is 1. The molecule has 0 bridgehead atoms. The maximum absolute atomic E-state index is 10.1. The number of likely N-dealkylation sites (tertiary alicyclic amines) is 1. The minimum Gasteiger partial charge on any atom is -0.389 e. The van der Waals surface area contributed by atoms with Gasteiger partial charge in [-0.05, 0) is 37.5 Å². The molecular weight excluding hydrogens is 302 g/mol. The average molecular weight is 328 g/mol. The fourth-order valence-corrected chi connectivity index (χ4v) is 2.89. The lowest BCUT2D eigenvalue weighted by molar-refractivity contribution is -0.0263. The molecule has 0 aromatic heterocycles. The summed E-state index contributed by atoms with van der Waals surface area (Å²) in [6.07, 6.45) is 1.92. The van der Waals surface area contributed by atoms with E-state index < -0.39 is 6.10 Å². The number of piperidine rings is 1. The van der Waals surface area contributed by atoms with E-state index in [1.165, 1.54) is 0 Å². The van der Waals surface area contributed by atoms with Gasteiger partial charge in [0.2, 0.25) is 0 Å². The van der Waals surface area contributed by atoms with Crippen molar-refractivity contribution < 1.29 is 14.6 Å². The molecular formula is C17H26ClNO3. The van der Waals surface area contributed by atoms with Gasteiger partial charge in [-0.3, -0.25) is 0 Å². The number of nitrogens with zero attached hydrogens (tertiary/aromatic N) is 1. The molecule has 1 aliphatic heterocycles. The van der Waals surface area contributed by atoms with Crippen LogP contribution in [0.5, 0.6) is 0 Å². The molecule has 1 aromatic rings. The lowest BCUT2D eigenvalue weighted by atomic mass is 10.1. The fraction of sp³-hybridized carbons (Fsp3) is 0.647. The van der Waals surface area contributed by atoms with Gasteiger partial charge in [-0.2, -0.15) is 0 Å². The monoisotopic (exact) mass is 327 g/mol. The lowest BCUT2D eigenvalue weighted by Gasteiger charge is -2.32. The quantitative estimate of drug-likeness (QED) is 0.836. The zero-order valence-corrected chi connectivity index (χ0v) is 14.1. The third-order valence-corrected chi connectivity index (χ3v) is 4.47. The van der Waals surface area contributed by atoms with E-state index in [1.54, 1.807) is 7.11 Å². The molecule has 2 unspecified atom stereocenters. The summed E-state index contributed by atoms with van der Waals surface area (Å²) < 4.78 is 11.1. The highest BCUT2D eigenvalue weighted by Gasteiger charge is 2.21. The maximum Gasteiger partial charge on any atom is 0.0900 e. The van der Waals surface area contributed by atoms with Crippen LogP contribution in [0.3, 0.4) is 0 Å². The van der Waals surface area contributed by atoms with Gasteiger partial charge in [0.25, 0.3) is 0 Å². The highest BCUT2D eigenvalue weighted by atomic mass is 35.5. The molecule has 124 valence electrons. The first kappa shape index (κ1) is 17.7. The molecule has 1 heterocycles. The number of aliphatic hydroxyl groups is 1. The predicted molar refractivity (Wildman–Crippen MR) is 88.3 cm³/mol. The van der Waals surface area contributed by atoms with Crippen molar-refractivity contribution in [1.29, 1.82) is 0 Å². The molecule has 1 fully saturated rings. The van der Waals surface area contributed by atoms with Crippen LogP contribution < -0.4 is 0 Å². The Morgan fingerprint density at radius 2 is 1.91 bits per heavy atom. The van der Waals surface area contributed by atoms with Crippen LogP contribution >= 0.6 is 11.6 Å². The van der Waals surface area contributed by atoms with Gasteiger partial charge < -0.3 is 19.5 Å². The van der Waals surface area contributed by atoms with Crippen molar-refractivity contribution >= 4 is 11.6 Å². The first-order chi connectivity index (χ1) is 10.6. The van der Waals surface area contributed by atoms with Gasteiger partial charge in [-0.1, -0.05) is 23.7 Å². The molecule has 0 spiro atoms. The second kappa shape index (κ2) is 8.85. The van der Waals surface area contributed by atoms with Gasteiger partial charge in [-0.25, -0.2) is 0 Å². The maximum atomic E-state index is 10.1. The van der Waals surface area contributed by atoms with Crippen LogP contribution in [-0.2, 0) is 9.47 Å². The van der Waals surface area contributed by atoms with E-state index in [4.69, 9.17) is 21.1 Å². The SMILES string of the molecule is COC1CCN(CC(O)COC(C)c2ccc(Cl)cc2)CC1. The Morgan fingerprint density at radius 1 is 1.27 bits per heavy atom. The van der Waals surface area contributed by atoms with E-state index in [0.717, 1.165) is 36.5 Å². The van der Waals surface area contributed by atoms with Gasteiger partial charge in [-0.15, -0.1) is 0 Å². The molecule has 1 N–H and O–H groups in total. The molecule has 0 aliphatic carbocycles. The van der Waals surface area contributed by atoms with Crippen LogP contribution in [0.4, 0.5) is 0 Å². The van der Waals surface area contributed by atoms with E-state index in [1.807, 2.05) is 31.2 Å². The Labute approximate surface area is 138 Å². The number of halogens is 1. The number of ether oxygens (including phenoxy) is 2. The molecule has 2 atom stereocenters. The molecule has 22 heavy (non-hydrogen) atoms. The Balaban J connectivity index is 1.69. The Hall–Kier alpha value is -0.650. The van der Waals surface area contributed by atoms with Gasteiger partial charge in [0.1, 0.15) is 0 Å². The van der Waals surface area contributed by atoms with Gasteiger partial charge in [0.15, 0.2) is 0 Å². The van der Waals surface area contributed by atoms with Crippen LogP contribution in [0.15, 0.2) is 24.3 Å². The van der Waals surface area contributed by atoms with Crippen molar-refractivity contribution in [3.8, 4) is 0 Å². The summed E-state index contributed by atoms with van der Waals surface area (Å²) in [5.74, 6) is 0. The molecule has 0 saturated carbocycles. The third-order valence-electron chi connectivity index (χ3n) is 4.21. The first-order valence-corrected chi connectivity index (χ1v) is 8.26. The van der Waals surface area contributed by atoms with Crippen LogP contribution in [0.1, 0.15) is 31.4 Å². The largest absolute Gasteiger partial charge is 0.389 e. The third kappa shape index (κ3) is 5.52. The Morgan fingerprint density at radius 3 is 2.50 bits per heavy atom. The number of aliphatic hydroxyl groups excluding tert-OH is 1. The number of β-amino-alcohol motifs (C(OH)–C–C–N with tert-alkyl or cyclic N) is 1. The second-order valence-corrected chi connectivity index (χ2v) is 6.35. The summed E-state index contributed by atoms with van der Waals surface area (Å²) in [5.41, 5.74) is 1.07. The molecule has 5 heteroatoms. The average Bonchev–Trinajstić information content (AvgIpc) is 2.54. The van der Waals surface area contributed by atoms with E-state index in [9.17, 15) is 5.11 Å². The summed E-state index contributed by atoms with van der Waals surface area (Å²) >= 11 is 5.88. The zero-order chi connectivity index (χ0) is 15.9. The number of benzene rings is 1. The summed E-state index contributed by atoms with van der Waals surface area (Å²) in [4.78, 5) is 2.27. The minimum absolute atomic E-state index is 0.0499. The van der Waals surface area contributed by atoms with Crippen molar-refractivity contribution in [2.45, 2.75) is 38.1 Å². The first-order valence-electron chi connectivity index (χ1n) is 7.88. The highest BCUT2D eigenvalue weighted by molar-refractivity contribution is 6.30. The zero-order valence-electron chi connectivity index (χ0n) is 13.4. The Bertz CT molecular complexity index is 432. The van der Waals surface area contributed by atoms with E-state index >= 15 is 0 Å². The van der Waals surface area contributed by atoms with Crippen LogP contribution in [0, 0.1) is 0 Å². The van der Waals surface area contributed by atoms with E-state index in [2.05, 4.69) is 4.90 Å². The summed E-state index contributed by atoms with van der Waals surface area (Å²) in [6, 6.07) is 7.62. The Kier molecular flexibility index (Phi) is 7.12. The van der Waals surface area contributed by atoms with Crippen molar-refractivity contribution in [2.24, 2.45) is 0 Å². The van der Waals surface area contributed by atoms with Crippen molar-refractivity contribution in [2.75, 3.05) is 33.4 Å². The fourth-order valence-electron chi connectivity index (χ4n) is 2.76. The number of rotatable bonds is 7. The molecule has 4 nitrogen and oxygen atoms in total. The van der Waals surface area contributed by atoms with E-state index in [-0.39, 0.29) is 6.10 Å². The van der Waals surface area contributed by atoms with E-state index in [0.29, 0.717) is 19.3 Å². The topological polar surface area (TPSA) is 41.9 Å². The van der Waals surface area contributed by atoms with Crippen molar-refractivity contribution in [3.63, 3.8) is 0 Å². The van der Waals surface area contributed by atoms with Crippen LogP contribution in [-0.4, -0.2) is 55.6 Å². The minimum atomic E-state index is -0.464. The molecule has 1 aliphatic rings. The molecule has 1 saturated heterocycles. The predicted octanol–water partition coefficient (Wildman–Crippen LogP) is 2.89. The van der Waals surface area contributed by atoms with Crippen LogP contribution in [0.25, 0.3) is 0 Å². The summed E-state index contributed by atoms with van der Waals surface area (Å²) in [5, 5.41) is 10.9. The van der Waals surface area contributed by atoms with Crippen molar-refractivity contribution in [3.05, 3.63) is 34.9 Å². The normalized spacial score (nSPS) is 20.0. The lowest BCUT2D eigenvalue weighted by Crippen LogP contribution is -2.42. The molecule has 1 aromatic carbocycles. The van der Waals surface area contributed by atoms with Gasteiger partial charge in [0.05, 0.1) is 24.9 Å². The second-order valence-electron chi connectivity index (χ2n) is 5.92. The smallest absolute Gasteiger partial charge is 0.0900 e. The molecule has 0 amide bonds. The van der Waals surface area contributed by atoms with Gasteiger partial charge >= 0.3 is 0 Å². The molecule has 0 radical (unpaired) electrons. The number of hydrogen-bond acceptors (Lipinski definition) is 4.